The average molecular weight is 288 g/mol. The molecule has 2 aromatic heterocycles. The van der Waals surface area contributed by atoms with E-state index in [0.717, 1.165) is 10.7 Å². The van der Waals surface area contributed by atoms with E-state index in [-0.39, 0.29) is 0 Å². The standard InChI is InChI=1S/C13H12N4O2S/c18-13(19-11-4-2-1-3-5-11)14-7-6-10-8-20-12-16-15-9-17(10)12/h1-5,8-9H,6-7H2,(H,14,18). The van der Waals surface area contributed by atoms with E-state index in [1.54, 1.807) is 18.5 Å². The molecule has 7 heteroatoms. The zero-order chi connectivity index (χ0) is 13.8. The number of benzene rings is 1. The van der Waals surface area contributed by atoms with Crippen LogP contribution in [0.1, 0.15) is 5.69 Å². The van der Waals surface area contributed by atoms with E-state index in [2.05, 4.69) is 15.5 Å². The smallest absolute Gasteiger partial charge is 0.410 e. The van der Waals surface area contributed by atoms with E-state index in [1.807, 2.05) is 28.0 Å². The van der Waals surface area contributed by atoms with Crippen molar-refractivity contribution in [3.8, 4) is 5.75 Å². The fraction of sp³-hybridized carbons (Fsp3) is 0.154. The highest BCUT2D eigenvalue weighted by Crippen LogP contribution is 2.13. The summed E-state index contributed by atoms with van der Waals surface area (Å²) < 4.78 is 7.04. The lowest BCUT2D eigenvalue weighted by Gasteiger charge is -2.05. The highest BCUT2D eigenvalue weighted by Gasteiger charge is 2.06. The van der Waals surface area contributed by atoms with Crippen molar-refractivity contribution in [2.24, 2.45) is 0 Å². The van der Waals surface area contributed by atoms with Crippen LogP contribution >= 0.6 is 11.3 Å². The zero-order valence-electron chi connectivity index (χ0n) is 10.5. The quantitative estimate of drug-likeness (QED) is 0.798. The summed E-state index contributed by atoms with van der Waals surface area (Å²) in [7, 11) is 0. The topological polar surface area (TPSA) is 68.5 Å². The molecule has 3 rings (SSSR count). The Morgan fingerprint density at radius 3 is 3.05 bits per heavy atom. The fourth-order valence-electron chi connectivity index (χ4n) is 1.78. The number of fused-ring (bicyclic) bond motifs is 1. The number of thiazole rings is 1. The first-order valence-electron chi connectivity index (χ1n) is 6.10. The molecule has 0 unspecified atom stereocenters. The van der Waals surface area contributed by atoms with Gasteiger partial charge in [-0.25, -0.2) is 4.79 Å². The Labute approximate surface area is 119 Å². The summed E-state index contributed by atoms with van der Waals surface area (Å²) in [5.41, 5.74) is 1.06. The van der Waals surface area contributed by atoms with Crippen LogP contribution < -0.4 is 10.1 Å². The number of para-hydroxylation sites is 1. The summed E-state index contributed by atoms with van der Waals surface area (Å²) in [6.07, 6.45) is 1.91. The number of aromatic nitrogens is 3. The minimum absolute atomic E-state index is 0.452. The number of nitrogens with one attached hydrogen (secondary N) is 1. The Morgan fingerprint density at radius 1 is 1.35 bits per heavy atom. The molecule has 0 radical (unpaired) electrons. The van der Waals surface area contributed by atoms with Crippen molar-refractivity contribution in [3.63, 3.8) is 0 Å². The molecule has 0 aliphatic carbocycles. The van der Waals surface area contributed by atoms with E-state index in [0.29, 0.717) is 18.7 Å². The lowest BCUT2D eigenvalue weighted by molar-refractivity contribution is 0.200. The lowest BCUT2D eigenvalue weighted by atomic mass is 10.3. The van der Waals surface area contributed by atoms with Gasteiger partial charge in [-0.1, -0.05) is 18.2 Å². The van der Waals surface area contributed by atoms with Crippen molar-refractivity contribution in [2.45, 2.75) is 6.42 Å². The maximum atomic E-state index is 11.6. The van der Waals surface area contributed by atoms with Gasteiger partial charge in [0.05, 0.1) is 0 Å². The first-order chi connectivity index (χ1) is 9.83. The van der Waals surface area contributed by atoms with Gasteiger partial charge in [-0.15, -0.1) is 21.5 Å². The Hall–Kier alpha value is -2.41. The summed E-state index contributed by atoms with van der Waals surface area (Å²) in [4.78, 5) is 12.4. The van der Waals surface area contributed by atoms with Crippen LogP contribution in [0.15, 0.2) is 42.0 Å². The summed E-state index contributed by atoms with van der Waals surface area (Å²) in [6, 6.07) is 8.97. The highest BCUT2D eigenvalue weighted by molar-refractivity contribution is 7.15. The molecule has 6 nitrogen and oxygen atoms in total. The van der Waals surface area contributed by atoms with Crippen molar-refractivity contribution < 1.29 is 9.53 Å². The molecular formula is C13H12N4O2S. The Kier molecular flexibility index (Phi) is 3.60. The molecule has 0 saturated heterocycles. The second-order valence-corrected chi connectivity index (χ2v) is 4.93. The maximum absolute atomic E-state index is 11.6. The second kappa shape index (κ2) is 5.70. The van der Waals surface area contributed by atoms with Crippen LogP contribution in [0.4, 0.5) is 4.79 Å². The third kappa shape index (κ3) is 2.77. The average Bonchev–Trinajstić information content (AvgIpc) is 3.04. The molecule has 1 aromatic carbocycles. The van der Waals surface area contributed by atoms with Crippen LogP contribution in [-0.2, 0) is 6.42 Å². The number of ether oxygens (including phenoxy) is 1. The molecule has 1 amide bonds. The number of carbonyl (C=O) groups excluding carboxylic acids is 1. The monoisotopic (exact) mass is 288 g/mol. The van der Waals surface area contributed by atoms with Gasteiger partial charge in [-0.05, 0) is 12.1 Å². The number of hydrogen-bond donors (Lipinski definition) is 1. The van der Waals surface area contributed by atoms with Crippen molar-refractivity contribution >= 4 is 22.4 Å². The van der Waals surface area contributed by atoms with Crippen LogP contribution in [0, 0.1) is 0 Å². The van der Waals surface area contributed by atoms with Gasteiger partial charge < -0.3 is 10.1 Å². The molecule has 20 heavy (non-hydrogen) atoms. The molecule has 0 aliphatic heterocycles. The van der Waals surface area contributed by atoms with Crippen molar-refractivity contribution in [1.29, 1.82) is 0 Å². The fourth-order valence-corrected chi connectivity index (χ4v) is 2.63. The van der Waals surface area contributed by atoms with Gasteiger partial charge in [0.2, 0.25) is 4.96 Å². The first-order valence-corrected chi connectivity index (χ1v) is 6.98. The van der Waals surface area contributed by atoms with Crippen molar-refractivity contribution in [2.75, 3.05) is 6.54 Å². The van der Waals surface area contributed by atoms with Crippen LogP contribution in [-0.4, -0.2) is 27.2 Å². The number of carbonyl (C=O) groups is 1. The molecule has 3 aromatic rings. The van der Waals surface area contributed by atoms with Gasteiger partial charge >= 0.3 is 6.09 Å². The van der Waals surface area contributed by atoms with Crippen LogP contribution in [0.2, 0.25) is 0 Å². The number of rotatable bonds is 4. The van der Waals surface area contributed by atoms with Gasteiger partial charge in [0.25, 0.3) is 0 Å². The Bertz CT molecular complexity index is 707. The largest absolute Gasteiger partial charge is 0.412 e. The van der Waals surface area contributed by atoms with E-state index in [1.165, 1.54) is 11.3 Å². The lowest BCUT2D eigenvalue weighted by Crippen LogP contribution is -2.28. The first kappa shape index (κ1) is 12.6. The van der Waals surface area contributed by atoms with Crippen LogP contribution in [0.25, 0.3) is 4.96 Å². The molecule has 0 spiro atoms. The molecule has 1 N–H and O–H groups in total. The van der Waals surface area contributed by atoms with Crippen molar-refractivity contribution in [3.05, 3.63) is 47.7 Å². The number of nitrogens with zero attached hydrogens (tertiary/aromatic N) is 3. The van der Waals surface area contributed by atoms with Gasteiger partial charge in [0.1, 0.15) is 12.1 Å². The summed E-state index contributed by atoms with van der Waals surface area (Å²) >= 11 is 1.53. The van der Waals surface area contributed by atoms with E-state index in [9.17, 15) is 4.79 Å². The zero-order valence-corrected chi connectivity index (χ0v) is 11.3. The summed E-state index contributed by atoms with van der Waals surface area (Å²) in [6.45, 7) is 0.496. The van der Waals surface area contributed by atoms with Crippen molar-refractivity contribution in [1.82, 2.24) is 19.9 Å². The van der Waals surface area contributed by atoms with Gasteiger partial charge in [-0.2, -0.15) is 0 Å². The van der Waals surface area contributed by atoms with Gasteiger partial charge in [-0.3, -0.25) is 4.40 Å². The SMILES string of the molecule is O=C(NCCc1csc2nncn12)Oc1ccccc1. The number of hydrogen-bond acceptors (Lipinski definition) is 5. The summed E-state index contributed by atoms with van der Waals surface area (Å²) in [5, 5.41) is 12.5. The predicted molar refractivity (Wildman–Crippen MR) is 75.0 cm³/mol. The summed E-state index contributed by atoms with van der Waals surface area (Å²) in [5.74, 6) is 0.529. The molecule has 0 atom stereocenters. The molecule has 0 aliphatic rings. The minimum Gasteiger partial charge on any atom is -0.410 e. The van der Waals surface area contributed by atoms with Gasteiger partial charge in [0.15, 0.2) is 0 Å². The molecule has 102 valence electrons. The third-order valence-electron chi connectivity index (χ3n) is 2.73. The minimum atomic E-state index is -0.452. The third-order valence-corrected chi connectivity index (χ3v) is 3.61. The normalized spacial score (nSPS) is 10.6. The van der Waals surface area contributed by atoms with E-state index < -0.39 is 6.09 Å². The van der Waals surface area contributed by atoms with E-state index in [4.69, 9.17) is 4.74 Å². The molecule has 0 saturated carbocycles. The number of amides is 1. The molecule has 0 bridgehead atoms. The van der Waals surface area contributed by atoms with Crippen LogP contribution in [0.3, 0.4) is 0 Å². The molecular weight excluding hydrogens is 276 g/mol. The van der Waals surface area contributed by atoms with Gasteiger partial charge in [0, 0.05) is 24.0 Å². The molecule has 2 heterocycles. The highest BCUT2D eigenvalue weighted by atomic mass is 32.1. The second-order valence-electron chi connectivity index (χ2n) is 4.09. The Morgan fingerprint density at radius 2 is 2.20 bits per heavy atom. The van der Waals surface area contributed by atoms with E-state index >= 15 is 0 Å². The maximum Gasteiger partial charge on any atom is 0.412 e. The Balaban J connectivity index is 1.50. The predicted octanol–water partition coefficient (Wildman–Crippen LogP) is 2.12. The molecule has 0 fully saturated rings. The van der Waals surface area contributed by atoms with Crippen LogP contribution in [0.5, 0.6) is 5.75 Å².